The predicted octanol–water partition coefficient (Wildman–Crippen LogP) is 0.636. The summed E-state index contributed by atoms with van der Waals surface area (Å²) in [6, 6.07) is 3.26. The number of hydrogen-bond acceptors (Lipinski definition) is 6. The van der Waals surface area contributed by atoms with Crippen LogP contribution in [0.1, 0.15) is 29.0 Å². The first-order valence-electron chi connectivity index (χ1n) is 6.65. The molecule has 0 aliphatic carbocycles. The number of sulfone groups is 1. The van der Waals surface area contributed by atoms with Gasteiger partial charge >= 0.3 is 5.97 Å². The van der Waals surface area contributed by atoms with Crippen LogP contribution < -0.4 is 0 Å². The summed E-state index contributed by atoms with van der Waals surface area (Å²) < 4.78 is 30.2. The molecule has 1 atom stereocenters. The zero-order chi connectivity index (χ0) is 15.0. The zero-order valence-corrected chi connectivity index (χ0v) is 12.3. The second kappa shape index (κ2) is 5.10. The van der Waals surface area contributed by atoms with Gasteiger partial charge in [0.2, 0.25) is 0 Å². The zero-order valence-electron chi connectivity index (χ0n) is 11.5. The van der Waals surface area contributed by atoms with Crippen molar-refractivity contribution in [2.24, 2.45) is 0 Å². The monoisotopic (exact) mass is 309 g/mol. The van der Waals surface area contributed by atoms with Crippen LogP contribution in [0.25, 0.3) is 5.65 Å². The second-order valence-corrected chi connectivity index (χ2v) is 7.49. The van der Waals surface area contributed by atoms with E-state index in [1.807, 2.05) is 0 Å². The molecule has 112 valence electrons. The average Bonchev–Trinajstić information content (AvgIpc) is 3.02. The Hall–Kier alpha value is -1.96. The van der Waals surface area contributed by atoms with Gasteiger partial charge in [0.15, 0.2) is 15.5 Å². The van der Waals surface area contributed by atoms with E-state index >= 15 is 0 Å². The minimum Gasteiger partial charge on any atom is -0.465 e. The molecule has 1 aliphatic heterocycles. The van der Waals surface area contributed by atoms with Gasteiger partial charge in [-0.15, -0.1) is 10.2 Å². The fourth-order valence-corrected chi connectivity index (χ4v) is 4.44. The van der Waals surface area contributed by atoms with Gasteiger partial charge in [-0.05, 0) is 25.0 Å². The number of rotatable bonds is 3. The van der Waals surface area contributed by atoms with E-state index in [2.05, 4.69) is 14.9 Å². The summed E-state index contributed by atoms with van der Waals surface area (Å²) in [6.07, 6.45) is 3.23. The van der Waals surface area contributed by atoms with Crippen molar-refractivity contribution in [2.75, 3.05) is 12.9 Å². The molecule has 0 spiro atoms. The summed E-state index contributed by atoms with van der Waals surface area (Å²) in [7, 11) is -1.73. The fraction of sp³-hybridized carbons (Fsp3) is 0.462. The molecule has 1 unspecified atom stereocenters. The number of nitrogens with zero attached hydrogens (tertiary/aromatic N) is 3. The van der Waals surface area contributed by atoms with Gasteiger partial charge in [0.1, 0.15) is 5.82 Å². The number of esters is 1. The van der Waals surface area contributed by atoms with E-state index in [1.54, 1.807) is 22.7 Å². The van der Waals surface area contributed by atoms with Crippen molar-refractivity contribution < 1.29 is 17.9 Å². The summed E-state index contributed by atoms with van der Waals surface area (Å²) in [5.41, 5.74) is 0.952. The van der Waals surface area contributed by atoms with E-state index in [4.69, 9.17) is 0 Å². The van der Waals surface area contributed by atoms with Crippen molar-refractivity contribution in [3.8, 4) is 0 Å². The molecule has 0 bridgehead atoms. The minimum atomic E-state index is -3.04. The molecule has 8 heteroatoms. The van der Waals surface area contributed by atoms with Crippen LogP contribution in [0.4, 0.5) is 0 Å². The Bertz CT molecular complexity index is 797. The van der Waals surface area contributed by atoms with Gasteiger partial charge in [-0.25, -0.2) is 13.2 Å². The van der Waals surface area contributed by atoms with Crippen molar-refractivity contribution in [3.63, 3.8) is 0 Å². The number of ether oxygens (including phenoxy) is 1. The summed E-state index contributed by atoms with van der Waals surface area (Å²) in [5.74, 6) is 0.332. The molecule has 2 aromatic rings. The van der Waals surface area contributed by atoms with E-state index < -0.39 is 21.1 Å². The first kappa shape index (κ1) is 14.0. The Morgan fingerprint density at radius 2 is 2.24 bits per heavy atom. The van der Waals surface area contributed by atoms with Crippen LogP contribution in [0.3, 0.4) is 0 Å². The molecule has 0 saturated carbocycles. The molecular weight excluding hydrogens is 294 g/mol. The fourth-order valence-electron chi connectivity index (χ4n) is 2.61. The molecular formula is C13H15N3O4S. The number of methoxy groups -OCH3 is 1. The Balaban J connectivity index is 1.97. The van der Waals surface area contributed by atoms with Gasteiger partial charge in [0.25, 0.3) is 0 Å². The van der Waals surface area contributed by atoms with Crippen molar-refractivity contribution in [3.05, 3.63) is 29.7 Å². The number of hydrogen-bond donors (Lipinski definition) is 0. The lowest BCUT2D eigenvalue weighted by atomic mass is 10.2. The summed E-state index contributed by atoms with van der Waals surface area (Å²) in [5, 5.41) is 7.64. The van der Waals surface area contributed by atoms with Crippen molar-refractivity contribution in [2.45, 2.75) is 24.5 Å². The van der Waals surface area contributed by atoms with Gasteiger partial charge < -0.3 is 4.74 Å². The van der Waals surface area contributed by atoms with E-state index in [9.17, 15) is 13.2 Å². The maximum absolute atomic E-state index is 11.9. The number of carbonyl (C=O) groups is 1. The molecule has 1 fully saturated rings. The van der Waals surface area contributed by atoms with E-state index in [1.165, 1.54) is 7.11 Å². The van der Waals surface area contributed by atoms with Crippen LogP contribution in [-0.4, -0.2) is 47.1 Å². The van der Waals surface area contributed by atoms with Gasteiger partial charge in [-0.3, -0.25) is 4.40 Å². The average molecular weight is 309 g/mol. The maximum atomic E-state index is 11.9. The molecule has 3 rings (SSSR count). The van der Waals surface area contributed by atoms with Crippen LogP contribution >= 0.6 is 0 Å². The molecule has 0 aromatic carbocycles. The number of fused-ring (bicyclic) bond motifs is 1. The number of pyridine rings is 1. The minimum absolute atomic E-state index is 0.238. The highest BCUT2D eigenvalue weighted by atomic mass is 32.2. The standard InChI is InChI=1S/C13H15N3O4S/c1-20-13(17)9-4-5-11-14-15-12(16(11)8-9)7-10-3-2-6-21(10,18)19/h4-5,8,10H,2-3,6-7H2,1H3. The normalized spacial score (nSPS) is 20.7. The molecule has 0 radical (unpaired) electrons. The van der Waals surface area contributed by atoms with Crippen LogP contribution in [0.15, 0.2) is 18.3 Å². The molecule has 2 aromatic heterocycles. The Kier molecular flexibility index (Phi) is 3.40. The Labute approximate surface area is 121 Å². The largest absolute Gasteiger partial charge is 0.465 e. The van der Waals surface area contributed by atoms with Crippen LogP contribution in [0, 0.1) is 0 Å². The first-order chi connectivity index (χ1) is 10.0. The van der Waals surface area contributed by atoms with Gasteiger partial charge in [0.05, 0.1) is 23.7 Å². The van der Waals surface area contributed by atoms with E-state index in [0.29, 0.717) is 36.3 Å². The quantitative estimate of drug-likeness (QED) is 0.773. The third kappa shape index (κ3) is 2.51. The maximum Gasteiger partial charge on any atom is 0.339 e. The third-order valence-electron chi connectivity index (χ3n) is 3.77. The molecule has 7 nitrogen and oxygen atoms in total. The molecule has 3 heterocycles. The third-order valence-corrected chi connectivity index (χ3v) is 6.04. The topological polar surface area (TPSA) is 90.6 Å². The molecule has 1 saturated heterocycles. The first-order valence-corrected chi connectivity index (χ1v) is 8.36. The van der Waals surface area contributed by atoms with Gasteiger partial charge in [-0.2, -0.15) is 0 Å². The highest BCUT2D eigenvalue weighted by Crippen LogP contribution is 2.23. The summed E-state index contributed by atoms with van der Waals surface area (Å²) in [4.78, 5) is 11.6. The Morgan fingerprint density at radius 3 is 2.90 bits per heavy atom. The van der Waals surface area contributed by atoms with Gasteiger partial charge in [-0.1, -0.05) is 0 Å². The van der Waals surface area contributed by atoms with Crippen molar-refractivity contribution in [1.29, 1.82) is 0 Å². The van der Waals surface area contributed by atoms with Crippen LogP contribution in [0.5, 0.6) is 0 Å². The summed E-state index contributed by atoms with van der Waals surface area (Å²) in [6.45, 7) is 0. The lowest BCUT2D eigenvalue weighted by molar-refractivity contribution is 0.0600. The second-order valence-electron chi connectivity index (χ2n) is 5.09. The number of aromatic nitrogens is 3. The van der Waals surface area contributed by atoms with Crippen molar-refractivity contribution in [1.82, 2.24) is 14.6 Å². The Morgan fingerprint density at radius 1 is 1.43 bits per heavy atom. The van der Waals surface area contributed by atoms with E-state index in [-0.39, 0.29) is 5.75 Å². The summed E-state index contributed by atoms with van der Waals surface area (Å²) >= 11 is 0. The SMILES string of the molecule is COC(=O)c1ccc2nnc(CC3CCCS3(=O)=O)n2c1. The molecule has 1 aliphatic rings. The highest BCUT2D eigenvalue weighted by Gasteiger charge is 2.32. The lowest BCUT2D eigenvalue weighted by Crippen LogP contribution is -2.20. The van der Waals surface area contributed by atoms with E-state index in [0.717, 1.165) is 0 Å². The van der Waals surface area contributed by atoms with Crippen LogP contribution in [-0.2, 0) is 21.0 Å². The number of carbonyl (C=O) groups excluding carboxylic acids is 1. The smallest absolute Gasteiger partial charge is 0.339 e. The van der Waals surface area contributed by atoms with Gasteiger partial charge in [0, 0.05) is 12.6 Å². The molecule has 0 amide bonds. The van der Waals surface area contributed by atoms with Crippen LogP contribution in [0.2, 0.25) is 0 Å². The lowest BCUT2D eigenvalue weighted by Gasteiger charge is -2.08. The van der Waals surface area contributed by atoms with Crippen molar-refractivity contribution >= 4 is 21.5 Å². The predicted molar refractivity (Wildman–Crippen MR) is 74.8 cm³/mol. The molecule has 0 N–H and O–H groups in total. The highest BCUT2D eigenvalue weighted by molar-refractivity contribution is 7.92. The molecule has 21 heavy (non-hydrogen) atoms.